The van der Waals surface area contributed by atoms with E-state index in [9.17, 15) is 14.9 Å². The largest absolute Gasteiger partial charge is 0.409 e. The number of rotatable bonds is 2. The van der Waals surface area contributed by atoms with Crippen LogP contribution >= 0.6 is 0 Å². The van der Waals surface area contributed by atoms with Crippen LogP contribution in [0.25, 0.3) is 0 Å². The first-order valence-electron chi connectivity index (χ1n) is 6.64. The maximum Gasteiger partial charge on any atom is 0.409 e. The summed E-state index contributed by atoms with van der Waals surface area (Å²) in [6.07, 6.45) is 0. The van der Waals surface area contributed by atoms with Crippen LogP contribution in [0.4, 0.5) is 11.6 Å². The number of fused-ring (bicyclic) bond motifs is 1. The van der Waals surface area contributed by atoms with E-state index in [2.05, 4.69) is 10.1 Å². The highest BCUT2D eigenvalue weighted by atomic mass is 16.6. The van der Waals surface area contributed by atoms with Crippen molar-refractivity contribution in [3.05, 3.63) is 51.8 Å². The maximum atomic E-state index is 11.9. The maximum absolute atomic E-state index is 11.9. The minimum absolute atomic E-state index is 0.106. The van der Waals surface area contributed by atoms with Crippen molar-refractivity contribution in [3.63, 3.8) is 0 Å². The lowest BCUT2D eigenvalue weighted by atomic mass is 10.1. The fourth-order valence-electron chi connectivity index (χ4n) is 2.41. The molecule has 0 N–H and O–H groups in total. The van der Waals surface area contributed by atoms with Gasteiger partial charge in [-0.3, -0.25) is 9.36 Å². The van der Waals surface area contributed by atoms with Crippen molar-refractivity contribution in [3.8, 4) is 0 Å². The summed E-state index contributed by atoms with van der Waals surface area (Å²) in [5, 5.41) is 16.5. The number of anilines is 1. The van der Waals surface area contributed by atoms with Crippen molar-refractivity contribution >= 4 is 23.3 Å². The molecule has 0 bridgehead atoms. The van der Waals surface area contributed by atoms with Crippen LogP contribution in [0.2, 0.25) is 0 Å². The Morgan fingerprint density at radius 1 is 1.32 bits per heavy atom. The van der Waals surface area contributed by atoms with Crippen molar-refractivity contribution in [2.45, 2.75) is 20.4 Å². The van der Waals surface area contributed by atoms with Gasteiger partial charge in [0.2, 0.25) is 17.5 Å². The third-order valence-electron chi connectivity index (χ3n) is 3.42. The number of carbonyl (C=O) groups is 1. The number of benzene rings is 1. The van der Waals surface area contributed by atoms with E-state index in [1.165, 1.54) is 6.92 Å². The lowest BCUT2D eigenvalue weighted by Gasteiger charge is -2.23. The molecule has 0 unspecified atom stereocenters. The Hall–Kier alpha value is -3.03. The van der Waals surface area contributed by atoms with Gasteiger partial charge in [-0.15, -0.1) is 0 Å². The van der Waals surface area contributed by atoms with Crippen LogP contribution in [0.3, 0.4) is 0 Å². The normalized spacial score (nSPS) is 13.5. The molecule has 1 aromatic carbocycles. The number of nitro groups is 1. The van der Waals surface area contributed by atoms with Crippen LogP contribution in [-0.2, 0) is 11.3 Å². The molecule has 0 radical (unpaired) electrons. The van der Waals surface area contributed by atoms with E-state index in [-0.39, 0.29) is 11.6 Å². The molecule has 0 fully saturated rings. The van der Waals surface area contributed by atoms with Crippen LogP contribution in [-0.4, -0.2) is 26.1 Å². The number of hydrazone groups is 1. The van der Waals surface area contributed by atoms with E-state index in [4.69, 9.17) is 0 Å². The van der Waals surface area contributed by atoms with Gasteiger partial charge in [-0.25, -0.2) is 0 Å². The summed E-state index contributed by atoms with van der Waals surface area (Å²) in [6.45, 7) is 3.31. The standard InChI is InChI=1S/C14H13N5O3/c1-9-15-13(19(21)22)14-17(9)8-12(16-18(14)10(2)20)11-6-4-3-5-7-11/h3-7H,8H2,1-2H3. The summed E-state index contributed by atoms with van der Waals surface area (Å²) in [5.74, 6) is -0.188. The fraction of sp³-hybridized carbons (Fsp3) is 0.214. The number of nitrogens with zero attached hydrogens (tertiary/aromatic N) is 5. The summed E-state index contributed by atoms with van der Waals surface area (Å²) in [4.78, 5) is 26.4. The van der Waals surface area contributed by atoms with Crippen molar-refractivity contribution in [2.75, 3.05) is 5.01 Å². The SMILES string of the molecule is CC(=O)N1N=C(c2ccccc2)Cn2c(C)nc([N+](=O)[O-])c21. The number of aromatic nitrogens is 2. The quantitative estimate of drug-likeness (QED) is 0.625. The predicted molar refractivity (Wildman–Crippen MR) is 79.8 cm³/mol. The number of aryl methyl sites for hydroxylation is 1. The van der Waals surface area contributed by atoms with Gasteiger partial charge in [0.1, 0.15) is 0 Å². The van der Waals surface area contributed by atoms with Gasteiger partial charge in [0.15, 0.2) is 0 Å². The average molecular weight is 299 g/mol. The van der Waals surface area contributed by atoms with E-state index >= 15 is 0 Å². The zero-order valence-electron chi connectivity index (χ0n) is 12.1. The van der Waals surface area contributed by atoms with E-state index in [1.807, 2.05) is 30.3 Å². The molecule has 2 aromatic rings. The molecule has 0 spiro atoms. The molecular formula is C14H13N5O3. The van der Waals surface area contributed by atoms with Gasteiger partial charge in [-0.1, -0.05) is 30.3 Å². The third-order valence-corrected chi connectivity index (χ3v) is 3.42. The van der Waals surface area contributed by atoms with Gasteiger partial charge in [-0.05, 0) is 15.5 Å². The van der Waals surface area contributed by atoms with Crippen LogP contribution in [0, 0.1) is 17.0 Å². The molecule has 1 aliphatic rings. The summed E-state index contributed by atoms with van der Waals surface area (Å²) in [5.41, 5.74) is 1.51. The highest BCUT2D eigenvalue weighted by Crippen LogP contribution is 2.32. The molecule has 1 aliphatic heterocycles. The van der Waals surface area contributed by atoms with E-state index in [0.29, 0.717) is 18.1 Å². The molecule has 1 amide bonds. The molecule has 3 rings (SSSR count). The van der Waals surface area contributed by atoms with E-state index in [1.54, 1.807) is 11.5 Å². The first-order chi connectivity index (χ1) is 10.5. The molecule has 0 saturated heterocycles. The Balaban J connectivity index is 2.17. The Kier molecular flexibility index (Phi) is 3.21. The Bertz CT molecular complexity index is 794. The predicted octanol–water partition coefficient (Wildman–Crippen LogP) is 1.87. The Morgan fingerprint density at radius 3 is 2.59 bits per heavy atom. The number of carbonyl (C=O) groups excluding carboxylic acids is 1. The molecule has 0 atom stereocenters. The van der Waals surface area contributed by atoms with Crippen molar-refractivity contribution in [1.29, 1.82) is 0 Å². The molecule has 8 heteroatoms. The lowest BCUT2D eigenvalue weighted by Crippen LogP contribution is -2.33. The monoisotopic (exact) mass is 299 g/mol. The first kappa shape index (κ1) is 13.9. The van der Waals surface area contributed by atoms with Crippen molar-refractivity contribution < 1.29 is 9.72 Å². The minimum atomic E-state index is -0.599. The smallest absolute Gasteiger partial charge is 0.358 e. The lowest BCUT2D eigenvalue weighted by molar-refractivity contribution is -0.388. The van der Waals surface area contributed by atoms with Crippen molar-refractivity contribution in [2.24, 2.45) is 5.10 Å². The van der Waals surface area contributed by atoms with Crippen LogP contribution in [0.15, 0.2) is 35.4 Å². The molecule has 1 aromatic heterocycles. The zero-order chi connectivity index (χ0) is 15.9. The van der Waals surface area contributed by atoms with Gasteiger partial charge in [0.05, 0.1) is 12.3 Å². The van der Waals surface area contributed by atoms with Gasteiger partial charge < -0.3 is 10.1 Å². The van der Waals surface area contributed by atoms with Gasteiger partial charge in [-0.2, -0.15) is 10.1 Å². The van der Waals surface area contributed by atoms with Crippen molar-refractivity contribution in [1.82, 2.24) is 9.55 Å². The third kappa shape index (κ3) is 2.14. The van der Waals surface area contributed by atoms with Gasteiger partial charge >= 0.3 is 5.82 Å². The second-order valence-corrected chi connectivity index (χ2v) is 4.89. The first-order valence-corrected chi connectivity index (χ1v) is 6.64. The topological polar surface area (TPSA) is 93.6 Å². The number of hydrogen-bond acceptors (Lipinski definition) is 5. The molecule has 0 saturated carbocycles. The highest BCUT2D eigenvalue weighted by Gasteiger charge is 2.35. The number of amides is 1. The summed E-state index contributed by atoms with van der Waals surface area (Å²) in [7, 11) is 0. The van der Waals surface area contributed by atoms with Gasteiger partial charge in [0.25, 0.3) is 0 Å². The number of hydrogen-bond donors (Lipinski definition) is 0. The summed E-state index contributed by atoms with van der Waals surface area (Å²) < 4.78 is 1.63. The summed E-state index contributed by atoms with van der Waals surface area (Å²) in [6, 6.07) is 9.38. The Labute approximate surface area is 125 Å². The molecular weight excluding hydrogens is 286 g/mol. The molecule has 22 heavy (non-hydrogen) atoms. The number of imidazole rings is 1. The van der Waals surface area contributed by atoms with Crippen LogP contribution in [0.1, 0.15) is 18.3 Å². The Morgan fingerprint density at radius 2 is 2.00 bits per heavy atom. The minimum Gasteiger partial charge on any atom is -0.358 e. The summed E-state index contributed by atoms with van der Waals surface area (Å²) >= 11 is 0. The molecule has 8 nitrogen and oxygen atoms in total. The van der Waals surface area contributed by atoms with E-state index < -0.39 is 10.8 Å². The molecule has 112 valence electrons. The zero-order valence-corrected chi connectivity index (χ0v) is 12.1. The van der Waals surface area contributed by atoms with Crippen LogP contribution < -0.4 is 5.01 Å². The average Bonchev–Trinajstić information content (AvgIpc) is 2.85. The van der Waals surface area contributed by atoms with Gasteiger partial charge in [0, 0.05) is 13.8 Å². The van der Waals surface area contributed by atoms with E-state index in [0.717, 1.165) is 10.6 Å². The highest BCUT2D eigenvalue weighted by molar-refractivity contribution is 6.05. The second-order valence-electron chi connectivity index (χ2n) is 4.89. The fourth-order valence-corrected chi connectivity index (χ4v) is 2.41. The molecule has 2 heterocycles. The molecule has 0 aliphatic carbocycles. The second kappa shape index (κ2) is 5.06. The van der Waals surface area contributed by atoms with Crippen LogP contribution in [0.5, 0.6) is 0 Å².